The Bertz CT molecular complexity index is 312. The van der Waals surface area contributed by atoms with Gasteiger partial charge in [-0.3, -0.25) is 4.79 Å². The summed E-state index contributed by atoms with van der Waals surface area (Å²) in [4.78, 5) is 13.7. The Morgan fingerprint density at radius 2 is 2.23 bits per heavy atom. The highest BCUT2D eigenvalue weighted by molar-refractivity contribution is 7.99. The van der Waals surface area contributed by atoms with Crippen LogP contribution in [0.3, 0.4) is 0 Å². The highest BCUT2D eigenvalue weighted by atomic mass is 32.2. The van der Waals surface area contributed by atoms with E-state index in [0.717, 1.165) is 18.1 Å². The van der Waals surface area contributed by atoms with Crippen molar-refractivity contribution in [2.24, 2.45) is 0 Å². The Morgan fingerprint density at radius 1 is 1.45 bits per heavy atom. The number of amides is 1. The Kier molecular flexibility index (Phi) is 10.1. The van der Waals surface area contributed by atoms with Crippen LogP contribution in [0.1, 0.15) is 20.3 Å². The van der Waals surface area contributed by atoms with Gasteiger partial charge in [-0.15, -0.1) is 0 Å². The lowest BCUT2D eigenvalue weighted by Gasteiger charge is -2.26. The van der Waals surface area contributed by atoms with E-state index in [9.17, 15) is 9.90 Å². The number of aliphatic hydroxyl groups excluding tert-OH is 1. The van der Waals surface area contributed by atoms with Crippen molar-refractivity contribution >= 4 is 17.7 Å². The molecule has 1 fully saturated rings. The number of aliphatic hydroxyl groups is 1. The molecule has 2 unspecified atom stereocenters. The summed E-state index contributed by atoms with van der Waals surface area (Å²) in [6, 6.07) is 0.246. The third-order valence-corrected chi connectivity index (χ3v) is 4.45. The molecule has 130 valence electrons. The molecule has 0 aromatic carbocycles. The fourth-order valence-electron chi connectivity index (χ4n) is 2.15. The predicted molar refractivity (Wildman–Crippen MR) is 89.3 cm³/mol. The van der Waals surface area contributed by atoms with Gasteiger partial charge in [-0.05, 0) is 13.8 Å². The lowest BCUT2D eigenvalue weighted by molar-refractivity contribution is -0.132. The molecule has 0 aliphatic carbocycles. The van der Waals surface area contributed by atoms with Gasteiger partial charge in [0.2, 0.25) is 5.91 Å². The quantitative estimate of drug-likeness (QED) is 0.562. The summed E-state index contributed by atoms with van der Waals surface area (Å²) in [6.45, 7) is 6.38. The minimum absolute atomic E-state index is 0.0576. The SMILES string of the molecule is CC(C)OCCOCC(O)CN(C)C(=O)CC1CSCCN1. The van der Waals surface area contributed by atoms with Crippen molar-refractivity contribution < 1.29 is 19.4 Å². The van der Waals surface area contributed by atoms with Crippen LogP contribution in [0.2, 0.25) is 0 Å². The summed E-state index contributed by atoms with van der Waals surface area (Å²) < 4.78 is 10.7. The Labute approximate surface area is 137 Å². The second-order valence-corrected chi connectivity index (χ2v) is 7.00. The molecule has 0 aromatic rings. The minimum Gasteiger partial charge on any atom is -0.389 e. The summed E-state index contributed by atoms with van der Waals surface area (Å²) >= 11 is 1.87. The van der Waals surface area contributed by atoms with Crippen LogP contribution in [0, 0.1) is 0 Å². The van der Waals surface area contributed by atoms with Crippen molar-refractivity contribution in [3.8, 4) is 0 Å². The molecule has 1 aliphatic heterocycles. The number of ether oxygens (including phenoxy) is 2. The standard InChI is InChI=1S/C15H30N2O4S/c1-12(2)21-6-5-20-10-14(18)9-17(3)15(19)8-13-11-22-7-4-16-13/h12-14,16,18H,4-11H2,1-3H3. The highest BCUT2D eigenvalue weighted by Crippen LogP contribution is 2.11. The first-order valence-electron chi connectivity index (χ1n) is 7.91. The van der Waals surface area contributed by atoms with Gasteiger partial charge in [0.25, 0.3) is 0 Å². The van der Waals surface area contributed by atoms with Crippen LogP contribution in [-0.4, -0.2) is 85.6 Å². The molecule has 0 radical (unpaired) electrons. The second-order valence-electron chi connectivity index (χ2n) is 5.85. The number of hydrogen-bond acceptors (Lipinski definition) is 6. The van der Waals surface area contributed by atoms with E-state index in [2.05, 4.69) is 5.32 Å². The largest absolute Gasteiger partial charge is 0.389 e. The van der Waals surface area contributed by atoms with Crippen LogP contribution in [0.25, 0.3) is 0 Å². The number of nitrogens with zero attached hydrogens (tertiary/aromatic N) is 1. The van der Waals surface area contributed by atoms with Crippen LogP contribution in [0.4, 0.5) is 0 Å². The molecule has 0 spiro atoms. The first-order valence-corrected chi connectivity index (χ1v) is 9.07. The smallest absolute Gasteiger partial charge is 0.223 e. The molecule has 0 aromatic heterocycles. The molecular weight excluding hydrogens is 304 g/mol. The van der Waals surface area contributed by atoms with E-state index < -0.39 is 6.10 Å². The number of likely N-dealkylation sites (N-methyl/N-ethyl adjacent to an activating group) is 1. The van der Waals surface area contributed by atoms with E-state index in [1.54, 1.807) is 11.9 Å². The van der Waals surface area contributed by atoms with Crippen LogP contribution in [0.15, 0.2) is 0 Å². The summed E-state index contributed by atoms with van der Waals surface area (Å²) in [5.41, 5.74) is 0. The van der Waals surface area contributed by atoms with Crippen LogP contribution < -0.4 is 5.32 Å². The fraction of sp³-hybridized carbons (Fsp3) is 0.933. The maximum Gasteiger partial charge on any atom is 0.223 e. The first kappa shape index (κ1) is 19.7. The number of thioether (sulfide) groups is 1. The molecule has 1 rings (SSSR count). The van der Waals surface area contributed by atoms with Gasteiger partial charge < -0.3 is 24.8 Å². The van der Waals surface area contributed by atoms with Gasteiger partial charge in [0.15, 0.2) is 0 Å². The molecule has 6 nitrogen and oxygen atoms in total. The van der Waals surface area contributed by atoms with Crippen molar-refractivity contribution in [2.75, 3.05) is 51.5 Å². The number of carbonyl (C=O) groups is 1. The predicted octanol–water partition coefficient (Wildman–Crippen LogP) is 0.342. The van der Waals surface area contributed by atoms with E-state index in [0.29, 0.717) is 26.2 Å². The van der Waals surface area contributed by atoms with Crippen molar-refractivity contribution in [1.29, 1.82) is 0 Å². The van der Waals surface area contributed by atoms with E-state index in [1.807, 2.05) is 25.6 Å². The van der Waals surface area contributed by atoms with Gasteiger partial charge in [0, 0.05) is 44.1 Å². The van der Waals surface area contributed by atoms with Crippen molar-refractivity contribution in [3.05, 3.63) is 0 Å². The maximum atomic E-state index is 12.1. The molecule has 1 heterocycles. The molecule has 1 amide bonds. The number of rotatable bonds is 10. The van der Waals surface area contributed by atoms with Crippen molar-refractivity contribution in [2.45, 2.75) is 38.5 Å². The zero-order valence-corrected chi connectivity index (χ0v) is 14.7. The van der Waals surface area contributed by atoms with E-state index in [4.69, 9.17) is 9.47 Å². The van der Waals surface area contributed by atoms with Gasteiger partial charge in [0.05, 0.1) is 32.0 Å². The molecular formula is C15H30N2O4S. The Morgan fingerprint density at radius 3 is 2.86 bits per heavy atom. The molecule has 22 heavy (non-hydrogen) atoms. The van der Waals surface area contributed by atoms with Crippen molar-refractivity contribution in [3.63, 3.8) is 0 Å². The second kappa shape index (κ2) is 11.2. The third-order valence-electron chi connectivity index (χ3n) is 3.32. The monoisotopic (exact) mass is 334 g/mol. The lowest BCUT2D eigenvalue weighted by Crippen LogP contribution is -2.43. The van der Waals surface area contributed by atoms with Gasteiger partial charge in [0.1, 0.15) is 0 Å². The van der Waals surface area contributed by atoms with Gasteiger partial charge in [-0.25, -0.2) is 0 Å². The zero-order valence-electron chi connectivity index (χ0n) is 13.9. The summed E-state index contributed by atoms with van der Waals surface area (Å²) in [5.74, 6) is 2.14. The molecule has 0 saturated carbocycles. The molecule has 2 atom stereocenters. The number of hydrogen-bond donors (Lipinski definition) is 2. The highest BCUT2D eigenvalue weighted by Gasteiger charge is 2.20. The first-order chi connectivity index (χ1) is 10.5. The van der Waals surface area contributed by atoms with Crippen LogP contribution in [-0.2, 0) is 14.3 Å². The van der Waals surface area contributed by atoms with E-state index in [-0.39, 0.29) is 24.7 Å². The number of nitrogens with one attached hydrogen (secondary N) is 1. The Hall–Kier alpha value is -0.340. The summed E-state index contributed by atoms with van der Waals surface area (Å²) in [7, 11) is 1.73. The topological polar surface area (TPSA) is 71.0 Å². The summed E-state index contributed by atoms with van der Waals surface area (Å²) in [5, 5.41) is 13.2. The van der Waals surface area contributed by atoms with Gasteiger partial charge in [-0.2, -0.15) is 11.8 Å². The minimum atomic E-state index is -0.665. The molecule has 0 bridgehead atoms. The van der Waals surface area contributed by atoms with Crippen LogP contribution in [0.5, 0.6) is 0 Å². The van der Waals surface area contributed by atoms with Gasteiger partial charge >= 0.3 is 0 Å². The van der Waals surface area contributed by atoms with Gasteiger partial charge in [-0.1, -0.05) is 0 Å². The average Bonchev–Trinajstić information content (AvgIpc) is 2.47. The summed E-state index contributed by atoms with van der Waals surface area (Å²) in [6.07, 6.45) is 0.00443. The molecule has 7 heteroatoms. The van der Waals surface area contributed by atoms with E-state index >= 15 is 0 Å². The van der Waals surface area contributed by atoms with Crippen LogP contribution >= 0.6 is 11.8 Å². The molecule has 2 N–H and O–H groups in total. The van der Waals surface area contributed by atoms with E-state index in [1.165, 1.54) is 0 Å². The lowest BCUT2D eigenvalue weighted by atomic mass is 10.2. The Balaban J connectivity index is 2.11. The van der Waals surface area contributed by atoms with Crippen molar-refractivity contribution in [1.82, 2.24) is 10.2 Å². The molecule has 1 aliphatic rings. The zero-order chi connectivity index (χ0) is 16.4. The number of carbonyl (C=O) groups excluding carboxylic acids is 1. The molecule has 1 saturated heterocycles. The fourth-order valence-corrected chi connectivity index (χ4v) is 3.10. The average molecular weight is 334 g/mol. The maximum absolute atomic E-state index is 12.1. The third kappa shape index (κ3) is 8.95. The normalized spacial score (nSPS) is 20.1.